The van der Waals surface area contributed by atoms with Crippen LogP contribution in [0.5, 0.6) is 0 Å². The van der Waals surface area contributed by atoms with Crippen molar-refractivity contribution in [2.75, 3.05) is 5.32 Å². The molecule has 1 aliphatic rings. The van der Waals surface area contributed by atoms with E-state index in [1.165, 1.54) is 12.4 Å². The summed E-state index contributed by atoms with van der Waals surface area (Å²) in [5.74, 6) is -2.97. The second kappa shape index (κ2) is 8.69. The van der Waals surface area contributed by atoms with E-state index in [2.05, 4.69) is 20.6 Å². The van der Waals surface area contributed by atoms with Crippen LogP contribution in [-0.4, -0.2) is 48.5 Å². The highest BCUT2D eigenvalue weighted by Gasteiger charge is 2.27. The molecule has 1 aromatic carbocycles. The molecule has 2 amide bonds. The van der Waals surface area contributed by atoms with Crippen molar-refractivity contribution >= 4 is 40.5 Å². The average molecular weight is 451 g/mol. The van der Waals surface area contributed by atoms with Gasteiger partial charge in [0, 0.05) is 19.7 Å². The first-order valence-electron chi connectivity index (χ1n) is 10.2. The van der Waals surface area contributed by atoms with Crippen LogP contribution in [0.15, 0.2) is 30.7 Å². The lowest BCUT2D eigenvalue weighted by Gasteiger charge is -2.14. The quantitative estimate of drug-likeness (QED) is 0.423. The van der Waals surface area contributed by atoms with Gasteiger partial charge in [0.15, 0.2) is 5.69 Å². The summed E-state index contributed by atoms with van der Waals surface area (Å²) in [7, 11) is 1.69. The Morgan fingerprint density at radius 2 is 1.94 bits per heavy atom. The van der Waals surface area contributed by atoms with Crippen LogP contribution in [0.1, 0.15) is 57.3 Å². The van der Waals surface area contributed by atoms with Gasteiger partial charge in [-0.05, 0) is 36.1 Å². The van der Waals surface area contributed by atoms with E-state index in [1.54, 1.807) is 29.9 Å². The number of aryl methyl sites for hydroxylation is 2. The number of carboxylic acid groups (broad SMARTS) is 2. The molecule has 33 heavy (non-hydrogen) atoms. The average Bonchev–Trinajstić information content (AvgIpc) is 3.32. The second-order valence-electron chi connectivity index (χ2n) is 7.80. The van der Waals surface area contributed by atoms with Gasteiger partial charge in [0.05, 0.1) is 23.7 Å². The third kappa shape index (κ3) is 4.38. The molecule has 1 aliphatic carbocycles. The molecule has 0 unspecified atom stereocenters. The number of aromatic carboxylic acids is 1. The van der Waals surface area contributed by atoms with Gasteiger partial charge in [0.2, 0.25) is 5.91 Å². The van der Waals surface area contributed by atoms with Gasteiger partial charge in [0.25, 0.3) is 5.91 Å². The summed E-state index contributed by atoms with van der Waals surface area (Å²) in [4.78, 5) is 55.4. The van der Waals surface area contributed by atoms with Crippen molar-refractivity contribution in [3.05, 3.63) is 53.1 Å². The van der Waals surface area contributed by atoms with Crippen LogP contribution in [0, 0.1) is 0 Å². The number of aliphatic carboxylic acids is 1. The number of carbonyl (C=O) groups is 4. The van der Waals surface area contributed by atoms with Crippen molar-refractivity contribution in [1.82, 2.24) is 19.9 Å². The van der Waals surface area contributed by atoms with Crippen LogP contribution in [0.25, 0.3) is 11.0 Å². The first-order valence-corrected chi connectivity index (χ1v) is 10.2. The number of nitrogens with zero attached hydrogens (tertiary/aromatic N) is 3. The standard InChI is InChI=1S/C22H21N5O6/c1-27-9-15(25-16(28)6-7-17(29)30)18-20(27)19(24-10-23-18)21(31)26-14-5-3-11-8-12(22(32)33)2-4-13(11)14/h2,4,8-10,14H,3,5-7H2,1H3,(H,25,28)(H,26,31)(H,29,30)(H,32,33)/t14-/m0/s1. The van der Waals surface area contributed by atoms with E-state index in [1.807, 2.05) is 0 Å². The zero-order valence-electron chi connectivity index (χ0n) is 17.7. The van der Waals surface area contributed by atoms with Gasteiger partial charge in [-0.3, -0.25) is 14.4 Å². The summed E-state index contributed by atoms with van der Waals surface area (Å²) in [6.07, 6.45) is 3.62. The van der Waals surface area contributed by atoms with E-state index >= 15 is 0 Å². The predicted octanol–water partition coefficient (Wildman–Crippen LogP) is 1.89. The van der Waals surface area contributed by atoms with Crippen LogP contribution in [0.2, 0.25) is 0 Å². The molecule has 4 N–H and O–H groups in total. The van der Waals surface area contributed by atoms with Gasteiger partial charge >= 0.3 is 11.9 Å². The number of benzene rings is 1. The number of aromatic nitrogens is 3. The Morgan fingerprint density at radius 1 is 1.15 bits per heavy atom. The van der Waals surface area contributed by atoms with Crippen molar-refractivity contribution in [2.24, 2.45) is 7.05 Å². The van der Waals surface area contributed by atoms with Crippen LogP contribution in [-0.2, 0) is 23.1 Å². The van der Waals surface area contributed by atoms with Gasteiger partial charge < -0.3 is 25.4 Å². The molecule has 11 heteroatoms. The van der Waals surface area contributed by atoms with Crippen LogP contribution >= 0.6 is 0 Å². The van der Waals surface area contributed by atoms with Crippen LogP contribution in [0.4, 0.5) is 5.69 Å². The van der Waals surface area contributed by atoms with Gasteiger partial charge in [-0.1, -0.05) is 6.07 Å². The molecule has 0 fully saturated rings. The molecule has 0 spiro atoms. The van der Waals surface area contributed by atoms with Crippen LogP contribution < -0.4 is 10.6 Å². The number of carboxylic acids is 2. The first kappa shape index (κ1) is 21.9. The molecule has 170 valence electrons. The van der Waals surface area contributed by atoms with Crippen molar-refractivity contribution in [3.8, 4) is 0 Å². The molecule has 0 saturated heterocycles. The molecule has 0 bridgehead atoms. The second-order valence-corrected chi connectivity index (χ2v) is 7.80. The molecule has 4 rings (SSSR count). The summed E-state index contributed by atoms with van der Waals surface area (Å²) in [5.41, 5.74) is 3.23. The highest BCUT2D eigenvalue weighted by Crippen LogP contribution is 2.32. The number of nitrogens with one attached hydrogen (secondary N) is 2. The monoisotopic (exact) mass is 451 g/mol. The topological polar surface area (TPSA) is 164 Å². The van der Waals surface area contributed by atoms with E-state index < -0.39 is 23.8 Å². The van der Waals surface area contributed by atoms with E-state index in [0.29, 0.717) is 29.6 Å². The lowest BCUT2D eigenvalue weighted by molar-refractivity contribution is -0.138. The van der Waals surface area contributed by atoms with E-state index in [4.69, 9.17) is 5.11 Å². The maximum atomic E-state index is 13.1. The molecule has 0 aliphatic heterocycles. The number of carbonyl (C=O) groups excluding carboxylic acids is 2. The zero-order chi connectivity index (χ0) is 23.7. The summed E-state index contributed by atoms with van der Waals surface area (Å²) < 4.78 is 1.62. The molecular weight excluding hydrogens is 430 g/mol. The van der Waals surface area contributed by atoms with Crippen molar-refractivity contribution in [1.29, 1.82) is 0 Å². The highest BCUT2D eigenvalue weighted by molar-refractivity contribution is 6.08. The molecule has 0 radical (unpaired) electrons. The van der Waals surface area contributed by atoms with Crippen molar-refractivity contribution in [2.45, 2.75) is 31.7 Å². The molecule has 1 atom stereocenters. The minimum absolute atomic E-state index is 0.129. The van der Waals surface area contributed by atoms with Crippen molar-refractivity contribution in [3.63, 3.8) is 0 Å². The Hall–Kier alpha value is -4.28. The molecule has 3 aromatic rings. The first-order chi connectivity index (χ1) is 15.7. The molecule has 11 nitrogen and oxygen atoms in total. The number of anilines is 1. The molecular formula is C22H21N5O6. The summed E-state index contributed by atoms with van der Waals surface area (Å²) in [6, 6.07) is 4.59. The number of hydrogen-bond acceptors (Lipinski definition) is 6. The smallest absolute Gasteiger partial charge is 0.335 e. The number of amides is 2. The van der Waals surface area contributed by atoms with Gasteiger partial charge in [-0.25, -0.2) is 14.8 Å². The van der Waals surface area contributed by atoms with E-state index in [0.717, 1.165) is 11.1 Å². The number of rotatable bonds is 7. The minimum Gasteiger partial charge on any atom is -0.481 e. The Kier molecular flexibility index (Phi) is 5.78. The lowest BCUT2D eigenvalue weighted by Crippen LogP contribution is -2.28. The number of fused-ring (bicyclic) bond motifs is 2. The third-order valence-corrected chi connectivity index (χ3v) is 5.58. The SMILES string of the molecule is Cn1cc(NC(=O)CCC(=O)O)c2ncnc(C(=O)N[C@H]3CCc4cc(C(=O)O)ccc43)c21. The molecule has 0 saturated carbocycles. The largest absolute Gasteiger partial charge is 0.481 e. The molecule has 2 heterocycles. The van der Waals surface area contributed by atoms with E-state index in [-0.39, 0.29) is 30.1 Å². The number of hydrogen-bond donors (Lipinski definition) is 4. The van der Waals surface area contributed by atoms with Gasteiger partial charge in [0.1, 0.15) is 17.4 Å². The Labute approximate surface area is 187 Å². The Morgan fingerprint density at radius 3 is 2.67 bits per heavy atom. The van der Waals surface area contributed by atoms with E-state index in [9.17, 15) is 24.3 Å². The van der Waals surface area contributed by atoms with Gasteiger partial charge in [-0.15, -0.1) is 0 Å². The summed E-state index contributed by atoms with van der Waals surface area (Å²) in [5, 5.41) is 23.5. The highest BCUT2D eigenvalue weighted by atomic mass is 16.4. The summed E-state index contributed by atoms with van der Waals surface area (Å²) in [6.45, 7) is 0. The fourth-order valence-corrected chi connectivity index (χ4v) is 4.05. The Bertz CT molecular complexity index is 1300. The zero-order valence-corrected chi connectivity index (χ0v) is 17.7. The molecule has 2 aromatic heterocycles. The fraction of sp³-hybridized carbons (Fsp3) is 0.273. The Balaban J connectivity index is 1.56. The maximum Gasteiger partial charge on any atom is 0.335 e. The van der Waals surface area contributed by atoms with Crippen LogP contribution in [0.3, 0.4) is 0 Å². The predicted molar refractivity (Wildman–Crippen MR) is 116 cm³/mol. The fourth-order valence-electron chi connectivity index (χ4n) is 4.05. The minimum atomic E-state index is -1.07. The third-order valence-electron chi connectivity index (χ3n) is 5.58. The normalized spacial score (nSPS) is 14.6. The summed E-state index contributed by atoms with van der Waals surface area (Å²) >= 11 is 0. The maximum absolute atomic E-state index is 13.1. The lowest BCUT2D eigenvalue weighted by atomic mass is 10.0. The van der Waals surface area contributed by atoms with Crippen molar-refractivity contribution < 1.29 is 29.4 Å². The van der Waals surface area contributed by atoms with Gasteiger partial charge in [-0.2, -0.15) is 0 Å².